The van der Waals surface area contributed by atoms with Crippen LogP contribution in [0.1, 0.15) is 6.42 Å². The summed E-state index contributed by atoms with van der Waals surface area (Å²) in [5.41, 5.74) is 8.88. The van der Waals surface area contributed by atoms with Crippen molar-refractivity contribution in [1.29, 1.82) is 0 Å². The molecule has 14 heavy (non-hydrogen) atoms. The van der Waals surface area contributed by atoms with Gasteiger partial charge >= 0.3 is 7.25 Å². The average Bonchev–Trinajstić information content (AvgIpc) is 2.03. The van der Waals surface area contributed by atoms with Crippen LogP contribution in [0.5, 0.6) is 0 Å². The summed E-state index contributed by atoms with van der Waals surface area (Å²) in [6.45, 7) is 0. The van der Waals surface area contributed by atoms with E-state index in [1.807, 2.05) is 0 Å². The molecule has 78 valence electrons. The van der Waals surface area contributed by atoms with Gasteiger partial charge in [0.05, 0.1) is 6.42 Å². The summed E-state index contributed by atoms with van der Waals surface area (Å²) in [7, 11) is -6.00. The van der Waals surface area contributed by atoms with E-state index < -0.39 is 7.25 Å². The van der Waals surface area contributed by atoms with Gasteiger partial charge in [0.15, 0.2) is 0 Å². The summed E-state index contributed by atoms with van der Waals surface area (Å²) in [6, 6.07) is 0. The molecule has 0 amide bonds. The van der Waals surface area contributed by atoms with Gasteiger partial charge in [-0.3, -0.25) is 0 Å². The van der Waals surface area contributed by atoms with Gasteiger partial charge in [-0.25, -0.2) is 0 Å². The third-order valence-electron chi connectivity index (χ3n) is 1.07. The van der Waals surface area contributed by atoms with E-state index >= 15 is 0 Å². The first-order valence-electron chi connectivity index (χ1n) is 3.45. The van der Waals surface area contributed by atoms with Gasteiger partial charge in [0.1, 0.15) is 0 Å². The van der Waals surface area contributed by atoms with Gasteiger partial charge in [0, 0.05) is 11.1 Å². The van der Waals surface area contributed by atoms with E-state index in [4.69, 9.17) is 17.1 Å². The van der Waals surface area contributed by atoms with Crippen molar-refractivity contribution < 1.29 is 22.1 Å². The van der Waals surface area contributed by atoms with Crippen molar-refractivity contribution in [1.82, 2.24) is 0 Å². The molecule has 0 saturated heterocycles. The number of hydrogen-bond donors (Lipinski definition) is 0. The van der Waals surface area contributed by atoms with Crippen LogP contribution in [-0.4, -0.2) is 17.8 Å². The van der Waals surface area contributed by atoms with Gasteiger partial charge in [-0.05, 0) is 6.08 Å². The Labute approximate surface area is 82.6 Å². The van der Waals surface area contributed by atoms with E-state index in [1.54, 1.807) is 18.2 Å². The van der Waals surface area contributed by atoms with Crippen LogP contribution in [-0.2, 0) is 0 Å². The van der Waals surface area contributed by atoms with Gasteiger partial charge < -0.3 is 22.8 Å². The highest BCUT2D eigenvalue weighted by atomic mass is 35.5. The number of nitrogens with zero attached hydrogens (tertiary/aromatic N) is 2. The van der Waals surface area contributed by atoms with E-state index in [0.29, 0.717) is 17.2 Å². The Kier molecular flexibility index (Phi) is 5.19. The highest BCUT2D eigenvalue weighted by Gasteiger charge is 2.20. The summed E-state index contributed by atoms with van der Waals surface area (Å²) in [5.74, 6) is 0. The molecule has 0 saturated carbocycles. The minimum atomic E-state index is -6.00. The van der Waals surface area contributed by atoms with Crippen LogP contribution in [0.3, 0.4) is 0 Å². The number of rotatable bonds is 0. The fourth-order valence-electron chi connectivity index (χ4n) is 0.588. The maximum absolute atomic E-state index is 9.75. The van der Waals surface area contributed by atoms with E-state index in [2.05, 4.69) is 4.79 Å². The Morgan fingerprint density at radius 2 is 1.79 bits per heavy atom. The zero-order chi connectivity index (χ0) is 11.2. The van der Waals surface area contributed by atoms with Crippen LogP contribution >= 0.6 is 11.6 Å². The summed E-state index contributed by atoms with van der Waals surface area (Å²) < 4.78 is 39.0. The SMILES string of the molecule is F[B-](F)(F)F.[N-]=[N+]=C1C=CC(Cl)=CC1. The van der Waals surface area contributed by atoms with Gasteiger partial charge in [-0.15, -0.1) is 0 Å². The van der Waals surface area contributed by atoms with E-state index in [-0.39, 0.29) is 0 Å². The third-order valence-corrected chi connectivity index (χ3v) is 1.35. The predicted octanol–water partition coefficient (Wildman–Crippen LogP) is 3.04. The van der Waals surface area contributed by atoms with Crippen molar-refractivity contribution in [3.63, 3.8) is 0 Å². The first-order valence-corrected chi connectivity index (χ1v) is 3.82. The van der Waals surface area contributed by atoms with Gasteiger partial charge in [-0.1, -0.05) is 17.7 Å². The molecule has 1 aliphatic rings. The van der Waals surface area contributed by atoms with Crippen molar-refractivity contribution in [2.75, 3.05) is 0 Å². The molecule has 2 nitrogen and oxygen atoms in total. The Hall–Kier alpha value is -1.07. The minimum absolute atomic E-state index is 0.617. The van der Waals surface area contributed by atoms with Crippen LogP contribution in [0.2, 0.25) is 0 Å². The molecular formula is C6H5BClF4N2-. The second kappa shape index (κ2) is 5.62. The largest absolute Gasteiger partial charge is 0.673 e. The summed E-state index contributed by atoms with van der Waals surface area (Å²) in [4.78, 5) is 3.01. The second-order valence-corrected chi connectivity index (χ2v) is 2.65. The molecule has 0 spiro atoms. The lowest BCUT2D eigenvalue weighted by molar-refractivity contribution is -0.00539. The van der Waals surface area contributed by atoms with E-state index in [1.165, 1.54) is 0 Å². The Bertz CT molecular complexity index is 297. The zero-order valence-corrected chi connectivity index (χ0v) is 7.56. The number of hydrogen-bond acceptors (Lipinski definition) is 0. The molecule has 0 radical (unpaired) electrons. The van der Waals surface area contributed by atoms with Gasteiger partial charge in [0.2, 0.25) is 0 Å². The normalized spacial score (nSPS) is 15.2. The van der Waals surface area contributed by atoms with Gasteiger partial charge in [-0.2, -0.15) is 4.79 Å². The minimum Gasteiger partial charge on any atom is -0.418 e. The molecule has 0 aromatic carbocycles. The lowest BCUT2D eigenvalue weighted by atomic mass is 10.2. The maximum Gasteiger partial charge on any atom is 0.673 e. The standard InChI is InChI=1S/C6H5ClN2.BF4/c7-5-1-3-6(9-8)4-2-5;2-1(3,4)5/h1-3H,4H2;/q;-1. The fraction of sp³-hybridized carbons (Fsp3) is 0.167. The Balaban J connectivity index is 0.000000292. The molecule has 0 N–H and O–H groups in total. The first-order chi connectivity index (χ1) is 6.33. The lowest BCUT2D eigenvalue weighted by Crippen LogP contribution is -2.02. The first kappa shape index (κ1) is 12.9. The molecule has 0 aromatic rings. The van der Waals surface area contributed by atoms with Crippen LogP contribution in [0.15, 0.2) is 23.3 Å². The van der Waals surface area contributed by atoms with Crippen LogP contribution in [0.25, 0.3) is 5.53 Å². The highest BCUT2D eigenvalue weighted by molar-refractivity contribution is 6.50. The molecule has 0 aromatic heterocycles. The monoisotopic (exact) mass is 227 g/mol. The molecule has 0 heterocycles. The van der Waals surface area contributed by atoms with Crippen molar-refractivity contribution in [3.8, 4) is 0 Å². The molecule has 1 aliphatic carbocycles. The number of halogens is 5. The summed E-state index contributed by atoms with van der Waals surface area (Å²) in [6.07, 6.45) is 5.78. The van der Waals surface area contributed by atoms with Gasteiger partial charge in [0.25, 0.3) is 5.71 Å². The van der Waals surface area contributed by atoms with Crippen LogP contribution in [0.4, 0.5) is 17.3 Å². The number of allylic oxidation sites excluding steroid dienone is 4. The topological polar surface area (TPSA) is 36.4 Å². The summed E-state index contributed by atoms with van der Waals surface area (Å²) in [5, 5.41) is 0.697. The molecule has 8 heteroatoms. The molecular weight excluding hydrogens is 222 g/mol. The van der Waals surface area contributed by atoms with Crippen LogP contribution < -0.4 is 0 Å². The molecule has 0 atom stereocenters. The average molecular weight is 227 g/mol. The fourth-order valence-corrected chi connectivity index (χ4v) is 0.728. The second-order valence-electron chi connectivity index (χ2n) is 2.21. The van der Waals surface area contributed by atoms with Crippen molar-refractivity contribution >= 4 is 24.6 Å². The lowest BCUT2D eigenvalue weighted by Gasteiger charge is -1.94. The smallest absolute Gasteiger partial charge is 0.418 e. The highest BCUT2D eigenvalue weighted by Crippen LogP contribution is 2.09. The molecule has 0 unspecified atom stereocenters. The quantitative estimate of drug-likeness (QED) is 0.264. The van der Waals surface area contributed by atoms with E-state index in [0.717, 1.165) is 0 Å². The van der Waals surface area contributed by atoms with Crippen molar-refractivity contribution in [3.05, 3.63) is 28.8 Å². The zero-order valence-electron chi connectivity index (χ0n) is 6.80. The molecule has 0 fully saturated rings. The Morgan fingerprint density at radius 1 is 1.29 bits per heavy atom. The molecule has 1 rings (SSSR count). The summed E-state index contributed by atoms with van der Waals surface area (Å²) >= 11 is 5.58. The van der Waals surface area contributed by atoms with Crippen LogP contribution in [0, 0.1) is 0 Å². The van der Waals surface area contributed by atoms with Crippen molar-refractivity contribution in [2.45, 2.75) is 6.42 Å². The van der Waals surface area contributed by atoms with E-state index in [9.17, 15) is 17.3 Å². The maximum atomic E-state index is 9.75. The Morgan fingerprint density at radius 3 is 2.07 bits per heavy atom. The predicted molar refractivity (Wildman–Crippen MR) is 46.5 cm³/mol. The van der Waals surface area contributed by atoms with Crippen molar-refractivity contribution in [2.24, 2.45) is 0 Å². The molecule has 0 aliphatic heterocycles. The third kappa shape index (κ3) is 9.03. The molecule has 0 bridgehead atoms.